The molecule has 1 aliphatic heterocycles. The number of piperidine rings is 1. The molecule has 0 unspecified atom stereocenters. The topological polar surface area (TPSA) is 63.3 Å². The first-order valence-electron chi connectivity index (χ1n) is 10.9. The average molecular weight is 422 g/mol. The molecule has 1 aliphatic rings. The van der Waals surface area contributed by atoms with Gasteiger partial charge in [0, 0.05) is 23.8 Å². The van der Waals surface area contributed by atoms with Crippen LogP contribution in [0.4, 0.5) is 10.3 Å². The molecule has 162 valence electrons. The Kier molecular flexibility index (Phi) is 4.89. The maximum absolute atomic E-state index is 14.9. The fourth-order valence-electron chi connectivity index (χ4n) is 4.62. The van der Waals surface area contributed by atoms with E-state index in [9.17, 15) is 4.39 Å². The van der Waals surface area contributed by atoms with Crippen molar-refractivity contribution in [3.8, 4) is 11.1 Å². The van der Waals surface area contributed by atoms with Gasteiger partial charge < -0.3 is 14.8 Å². The van der Waals surface area contributed by atoms with Crippen LogP contribution in [0.5, 0.6) is 0 Å². The molecule has 7 nitrogen and oxygen atoms in total. The lowest BCUT2D eigenvalue weighted by molar-refractivity contribution is 0.263. The molecule has 0 atom stereocenters. The summed E-state index contributed by atoms with van der Waals surface area (Å²) in [6.45, 7) is 8.24. The highest BCUT2D eigenvalue weighted by molar-refractivity contribution is 5.88. The first-order valence-corrected chi connectivity index (χ1v) is 10.9. The number of hydrogen-bond acceptors (Lipinski definition) is 5. The van der Waals surface area contributed by atoms with Gasteiger partial charge in [0.15, 0.2) is 5.82 Å². The Morgan fingerprint density at radius 3 is 2.68 bits per heavy atom. The molecule has 1 N–H and O–H groups in total. The Hall–Kier alpha value is -3.00. The highest BCUT2D eigenvalue weighted by atomic mass is 19.1. The van der Waals surface area contributed by atoms with Gasteiger partial charge in [-0.05, 0) is 77.5 Å². The molecule has 4 heterocycles. The molecule has 0 aliphatic carbocycles. The van der Waals surface area contributed by atoms with Crippen LogP contribution in [0, 0.1) is 12.7 Å². The number of aromatic nitrogens is 5. The predicted octanol–water partition coefficient (Wildman–Crippen LogP) is 4.28. The van der Waals surface area contributed by atoms with Crippen LogP contribution in [0.15, 0.2) is 30.6 Å². The number of hydrogen-bond donors (Lipinski definition) is 1. The van der Waals surface area contributed by atoms with Gasteiger partial charge in [0.25, 0.3) is 0 Å². The fraction of sp³-hybridized carbons (Fsp3) is 0.435. The van der Waals surface area contributed by atoms with E-state index in [2.05, 4.69) is 50.7 Å². The maximum Gasteiger partial charge on any atom is 0.241 e. The number of imidazole rings is 1. The number of anilines is 1. The van der Waals surface area contributed by atoms with Crippen molar-refractivity contribution in [2.45, 2.75) is 45.7 Å². The Balaban J connectivity index is 1.50. The van der Waals surface area contributed by atoms with Crippen molar-refractivity contribution >= 4 is 22.5 Å². The van der Waals surface area contributed by atoms with Crippen molar-refractivity contribution in [3.63, 3.8) is 0 Å². The van der Waals surface area contributed by atoms with E-state index in [0.29, 0.717) is 17.5 Å². The average Bonchev–Trinajstić information content (AvgIpc) is 3.30. The molecule has 4 aromatic rings. The summed E-state index contributed by atoms with van der Waals surface area (Å²) in [5.74, 6) is 1.13. The minimum atomic E-state index is -0.309. The minimum Gasteiger partial charge on any atom is -0.350 e. The van der Waals surface area contributed by atoms with Crippen molar-refractivity contribution < 1.29 is 4.39 Å². The quantitative estimate of drug-likeness (QED) is 0.533. The van der Waals surface area contributed by atoms with E-state index in [1.165, 1.54) is 0 Å². The van der Waals surface area contributed by atoms with Gasteiger partial charge >= 0.3 is 0 Å². The predicted molar refractivity (Wildman–Crippen MR) is 121 cm³/mol. The number of nitrogens with zero attached hydrogens (tertiary/aromatic N) is 6. The Morgan fingerprint density at radius 2 is 1.94 bits per heavy atom. The lowest BCUT2D eigenvalue weighted by Gasteiger charge is -2.29. The van der Waals surface area contributed by atoms with Crippen LogP contribution >= 0.6 is 0 Å². The summed E-state index contributed by atoms with van der Waals surface area (Å²) in [7, 11) is 2.15. The van der Waals surface area contributed by atoms with Crippen molar-refractivity contribution in [2.75, 3.05) is 25.5 Å². The van der Waals surface area contributed by atoms with E-state index in [-0.39, 0.29) is 11.9 Å². The highest BCUT2D eigenvalue weighted by Gasteiger charge is 2.19. The zero-order valence-corrected chi connectivity index (χ0v) is 18.4. The molecule has 0 saturated carbocycles. The number of likely N-dealkylation sites (tertiary alicyclic amines) is 1. The van der Waals surface area contributed by atoms with Gasteiger partial charge in [-0.2, -0.15) is 0 Å². The molecule has 0 spiro atoms. The third kappa shape index (κ3) is 3.54. The zero-order valence-electron chi connectivity index (χ0n) is 18.4. The zero-order chi connectivity index (χ0) is 21.7. The summed E-state index contributed by atoms with van der Waals surface area (Å²) in [4.78, 5) is 11.3. The molecule has 8 heteroatoms. The number of benzene rings is 1. The van der Waals surface area contributed by atoms with E-state index >= 15 is 0 Å². The summed E-state index contributed by atoms with van der Waals surface area (Å²) in [5, 5.41) is 8.10. The second kappa shape index (κ2) is 7.60. The van der Waals surface area contributed by atoms with Gasteiger partial charge in [-0.1, -0.05) is 0 Å². The minimum absolute atomic E-state index is 0.196. The summed E-state index contributed by atoms with van der Waals surface area (Å²) >= 11 is 0. The van der Waals surface area contributed by atoms with E-state index < -0.39 is 0 Å². The van der Waals surface area contributed by atoms with E-state index in [1.54, 1.807) is 6.07 Å². The van der Waals surface area contributed by atoms with E-state index in [4.69, 9.17) is 0 Å². The molecule has 1 fully saturated rings. The van der Waals surface area contributed by atoms with E-state index in [1.807, 2.05) is 36.0 Å². The first kappa shape index (κ1) is 19.9. The number of rotatable bonds is 4. The lowest BCUT2D eigenvalue weighted by Crippen LogP contribution is -2.37. The van der Waals surface area contributed by atoms with Crippen molar-refractivity contribution in [3.05, 3.63) is 42.2 Å². The fourth-order valence-corrected chi connectivity index (χ4v) is 4.62. The third-order valence-electron chi connectivity index (χ3n) is 6.22. The van der Waals surface area contributed by atoms with Crippen LogP contribution in [-0.2, 0) is 0 Å². The van der Waals surface area contributed by atoms with Crippen LogP contribution in [-0.4, -0.2) is 55.2 Å². The van der Waals surface area contributed by atoms with Crippen LogP contribution in [0.25, 0.3) is 27.7 Å². The Morgan fingerprint density at radius 1 is 1.16 bits per heavy atom. The lowest BCUT2D eigenvalue weighted by atomic mass is 10.1. The van der Waals surface area contributed by atoms with Gasteiger partial charge in [0.2, 0.25) is 5.95 Å². The van der Waals surface area contributed by atoms with Gasteiger partial charge in [-0.25, -0.2) is 18.9 Å². The molecule has 0 bridgehead atoms. The summed E-state index contributed by atoms with van der Waals surface area (Å²) in [6.07, 6.45) is 5.88. The van der Waals surface area contributed by atoms with Crippen molar-refractivity contribution in [1.29, 1.82) is 0 Å². The highest BCUT2D eigenvalue weighted by Crippen LogP contribution is 2.32. The van der Waals surface area contributed by atoms with Crippen LogP contribution in [0.2, 0.25) is 0 Å². The molecule has 31 heavy (non-hydrogen) atoms. The standard InChI is InChI=1S/C23H28FN7/c1-14(2)31-15(3)26-22-19(24)11-16(12-20(22)31)18-7-10-30-21(18)13-25-23(28-30)27-17-5-8-29(4)9-6-17/h7,10-14,17H,5-6,8-9H2,1-4H3,(H,27,28). The summed E-state index contributed by atoms with van der Waals surface area (Å²) in [5.41, 5.74) is 3.78. The maximum atomic E-state index is 14.9. The Bertz CT molecular complexity index is 1250. The molecule has 1 saturated heterocycles. The number of nitrogens with one attached hydrogen (secondary N) is 1. The molecule has 1 aromatic carbocycles. The van der Waals surface area contributed by atoms with Crippen LogP contribution < -0.4 is 5.32 Å². The number of halogens is 1. The Labute approximate surface area is 180 Å². The van der Waals surface area contributed by atoms with Gasteiger partial charge in [0.1, 0.15) is 11.3 Å². The first-order chi connectivity index (χ1) is 14.9. The number of fused-ring (bicyclic) bond motifs is 2. The second-order valence-corrected chi connectivity index (χ2v) is 8.81. The monoisotopic (exact) mass is 421 g/mol. The van der Waals surface area contributed by atoms with Gasteiger partial charge in [-0.3, -0.25) is 0 Å². The van der Waals surface area contributed by atoms with Gasteiger partial charge in [0.05, 0.1) is 17.2 Å². The van der Waals surface area contributed by atoms with Crippen LogP contribution in [0.3, 0.4) is 0 Å². The van der Waals surface area contributed by atoms with E-state index in [0.717, 1.165) is 53.9 Å². The molecule has 5 rings (SSSR count). The van der Waals surface area contributed by atoms with Crippen molar-refractivity contribution in [2.24, 2.45) is 0 Å². The molecular weight excluding hydrogens is 393 g/mol. The summed E-state index contributed by atoms with van der Waals surface area (Å²) in [6, 6.07) is 6.12. The smallest absolute Gasteiger partial charge is 0.241 e. The second-order valence-electron chi connectivity index (χ2n) is 8.81. The molecule has 0 amide bonds. The molecule has 0 radical (unpaired) electrons. The molecule has 3 aromatic heterocycles. The normalized spacial score (nSPS) is 16.1. The third-order valence-corrected chi connectivity index (χ3v) is 6.22. The number of aryl methyl sites for hydroxylation is 1. The van der Waals surface area contributed by atoms with Gasteiger partial charge in [-0.15, -0.1) is 5.10 Å². The van der Waals surface area contributed by atoms with Crippen LogP contribution in [0.1, 0.15) is 38.6 Å². The largest absolute Gasteiger partial charge is 0.350 e. The van der Waals surface area contributed by atoms with Crippen molar-refractivity contribution in [1.82, 2.24) is 29.0 Å². The summed E-state index contributed by atoms with van der Waals surface area (Å²) < 4.78 is 18.8. The molecular formula is C23H28FN7. The SMILES string of the molecule is Cc1nc2c(F)cc(-c3ccn4nc(NC5CCN(C)CC5)ncc34)cc2n1C(C)C.